The summed E-state index contributed by atoms with van der Waals surface area (Å²) in [5, 5.41) is 18.6. The third kappa shape index (κ3) is 4.93. The molecule has 1 aliphatic heterocycles. The van der Waals surface area contributed by atoms with Crippen molar-refractivity contribution in [3.8, 4) is 5.75 Å². The lowest BCUT2D eigenvalue weighted by molar-refractivity contribution is 0.124. The van der Waals surface area contributed by atoms with Gasteiger partial charge in [-0.3, -0.25) is 9.58 Å². The molecule has 4 rings (SSSR count). The van der Waals surface area contributed by atoms with Crippen LogP contribution in [0, 0.1) is 5.92 Å². The summed E-state index contributed by atoms with van der Waals surface area (Å²) in [5.41, 5.74) is 1.30. The highest BCUT2D eigenvalue weighted by Gasteiger charge is 2.34. The summed E-state index contributed by atoms with van der Waals surface area (Å²) in [6.45, 7) is 4.06. The first kappa shape index (κ1) is 19.4. The number of rotatable bonds is 7. The number of aliphatic hydroxyl groups is 1. The number of aromatic nitrogens is 2. The fraction of sp³-hybridized carbons (Fsp3) is 0.591. The van der Waals surface area contributed by atoms with Gasteiger partial charge < -0.3 is 15.2 Å². The van der Waals surface area contributed by atoms with Crippen molar-refractivity contribution in [3.63, 3.8) is 0 Å². The molecule has 0 spiro atoms. The predicted molar refractivity (Wildman–Crippen MR) is 109 cm³/mol. The molecule has 1 saturated heterocycles. The van der Waals surface area contributed by atoms with Crippen LogP contribution < -0.4 is 10.1 Å². The van der Waals surface area contributed by atoms with Gasteiger partial charge in [-0.15, -0.1) is 0 Å². The van der Waals surface area contributed by atoms with E-state index in [0.29, 0.717) is 12.0 Å². The molecule has 1 aromatic heterocycles. The molecule has 1 aliphatic carbocycles. The molecule has 0 bridgehead atoms. The lowest BCUT2D eigenvalue weighted by atomic mass is 10.0. The van der Waals surface area contributed by atoms with Crippen molar-refractivity contribution in [1.29, 1.82) is 0 Å². The minimum atomic E-state index is -0.240. The molecular formula is C22H32N4O2. The normalized spacial score (nSPS) is 26.6. The van der Waals surface area contributed by atoms with E-state index in [2.05, 4.69) is 33.5 Å². The maximum absolute atomic E-state index is 10.5. The number of ether oxygens (including phenoxy) is 1. The van der Waals surface area contributed by atoms with Gasteiger partial charge in [0, 0.05) is 37.6 Å². The molecule has 2 N–H and O–H groups in total. The Balaban J connectivity index is 1.22. The van der Waals surface area contributed by atoms with Gasteiger partial charge in [0.1, 0.15) is 5.75 Å². The zero-order valence-corrected chi connectivity index (χ0v) is 16.7. The van der Waals surface area contributed by atoms with E-state index in [1.54, 1.807) is 7.11 Å². The minimum absolute atomic E-state index is 0.218. The second-order valence-corrected chi connectivity index (χ2v) is 8.31. The molecule has 2 aromatic rings. The van der Waals surface area contributed by atoms with Crippen molar-refractivity contribution < 1.29 is 9.84 Å². The number of nitrogens with zero attached hydrogens (tertiary/aromatic N) is 3. The summed E-state index contributed by atoms with van der Waals surface area (Å²) in [7, 11) is 1.72. The lowest BCUT2D eigenvalue weighted by Crippen LogP contribution is -2.48. The average molecular weight is 385 g/mol. The van der Waals surface area contributed by atoms with E-state index in [1.165, 1.54) is 5.56 Å². The molecule has 6 nitrogen and oxygen atoms in total. The summed E-state index contributed by atoms with van der Waals surface area (Å²) in [6, 6.07) is 11.0. The van der Waals surface area contributed by atoms with Gasteiger partial charge >= 0.3 is 0 Å². The van der Waals surface area contributed by atoms with Crippen LogP contribution in [0.3, 0.4) is 0 Å². The van der Waals surface area contributed by atoms with E-state index in [-0.39, 0.29) is 12.1 Å². The van der Waals surface area contributed by atoms with Crippen molar-refractivity contribution in [1.82, 2.24) is 20.0 Å². The Bertz CT molecular complexity index is 728. The zero-order chi connectivity index (χ0) is 19.3. The summed E-state index contributed by atoms with van der Waals surface area (Å²) in [5.74, 6) is 1.43. The van der Waals surface area contributed by atoms with Crippen LogP contribution in [0.2, 0.25) is 0 Å². The van der Waals surface area contributed by atoms with Crippen LogP contribution >= 0.6 is 0 Å². The number of hydrogen-bond donors (Lipinski definition) is 2. The van der Waals surface area contributed by atoms with Gasteiger partial charge in [-0.25, -0.2) is 0 Å². The number of piperidine rings is 1. The van der Waals surface area contributed by atoms with Crippen molar-refractivity contribution in [2.45, 2.75) is 57.0 Å². The van der Waals surface area contributed by atoms with Gasteiger partial charge in [-0.1, -0.05) is 12.1 Å². The maximum Gasteiger partial charge on any atom is 0.119 e. The monoisotopic (exact) mass is 384 g/mol. The van der Waals surface area contributed by atoms with Gasteiger partial charge in [0.2, 0.25) is 0 Å². The van der Waals surface area contributed by atoms with Crippen LogP contribution in [0.1, 0.15) is 31.2 Å². The molecule has 1 saturated carbocycles. The Morgan fingerprint density at radius 3 is 2.82 bits per heavy atom. The summed E-state index contributed by atoms with van der Waals surface area (Å²) >= 11 is 0. The van der Waals surface area contributed by atoms with E-state index in [0.717, 1.165) is 57.6 Å². The van der Waals surface area contributed by atoms with Gasteiger partial charge in [-0.05, 0) is 68.5 Å². The zero-order valence-electron chi connectivity index (χ0n) is 16.7. The first-order valence-electron chi connectivity index (χ1n) is 10.5. The average Bonchev–Trinajstić information content (AvgIpc) is 3.33. The third-order valence-electron chi connectivity index (χ3n) is 6.21. The molecule has 152 valence electrons. The first-order valence-corrected chi connectivity index (χ1v) is 10.5. The highest BCUT2D eigenvalue weighted by atomic mass is 16.5. The number of benzene rings is 1. The Kier molecular flexibility index (Phi) is 6.29. The summed E-state index contributed by atoms with van der Waals surface area (Å²) < 4.78 is 7.31. The third-order valence-corrected chi connectivity index (χ3v) is 6.21. The number of likely N-dealkylation sites (tertiary alicyclic amines) is 1. The number of hydrogen-bond acceptors (Lipinski definition) is 5. The topological polar surface area (TPSA) is 62.5 Å². The fourth-order valence-electron chi connectivity index (χ4n) is 4.71. The lowest BCUT2D eigenvalue weighted by Gasteiger charge is -2.34. The number of methoxy groups -OCH3 is 1. The van der Waals surface area contributed by atoms with Crippen molar-refractivity contribution in [2.24, 2.45) is 5.92 Å². The smallest absolute Gasteiger partial charge is 0.119 e. The molecule has 2 heterocycles. The van der Waals surface area contributed by atoms with Crippen LogP contribution in [0.15, 0.2) is 42.7 Å². The molecule has 0 radical (unpaired) electrons. The molecule has 3 atom stereocenters. The van der Waals surface area contributed by atoms with Crippen molar-refractivity contribution in [2.75, 3.05) is 20.2 Å². The van der Waals surface area contributed by atoms with E-state index in [9.17, 15) is 5.11 Å². The highest BCUT2D eigenvalue weighted by Crippen LogP contribution is 2.29. The molecular weight excluding hydrogens is 352 g/mol. The van der Waals surface area contributed by atoms with Crippen LogP contribution in [-0.4, -0.2) is 58.2 Å². The van der Waals surface area contributed by atoms with Gasteiger partial charge in [-0.2, -0.15) is 5.10 Å². The Hall–Kier alpha value is -1.89. The fourth-order valence-corrected chi connectivity index (χ4v) is 4.71. The van der Waals surface area contributed by atoms with Crippen LogP contribution in [-0.2, 0) is 13.1 Å². The number of nitrogens with one attached hydrogen (secondary N) is 1. The Morgan fingerprint density at radius 2 is 2.07 bits per heavy atom. The SMILES string of the molecule is COc1cccc(CN2CCC(N[C@@H]3CC(Cn4cccn4)C[C@H]3O)CC2)c1. The standard InChI is InChI=1S/C22H32N4O2/c1-28-20-5-2-4-17(12-20)15-25-10-6-19(7-11-25)24-21-13-18(14-22(21)27)16-26-9-3-8-23-26/h2-5,8-9,12,18-19,21-22,24,27H,6-7,10-11,13-16H2,1H3/t18?,21-,22-/m1/s1. The van der Waals surface area contributed by atoms with E-state index >= 15 is 0 Å². The molecule has 1 unspecified atom stereocenters. The predicted octanol–water partition coefficient (Wildman–Crippen LogP) is 2.29. The summed E-state index contributed by atoms with van der Waals surface area (Å²) in [6.07, 6.45) is 7.76. The first-order chi connectivity index (χ1) is 13.7. The molecule has 2 fully saturated rings. The molecule has 2 aliphatic rings. The molecule has 1 aromatic carbocycles. The quantitative estimate of drug-likeness (QED) is 0.767. The van der Waals surface area contributed by atoms with Gasteiger partial charge in [0.15, 0.2) is 0 Å². The molecule has 0 amide bonds. The van der Waals surface area contributed by atoms with Crippen LogP contribution in [0.5, 0.6) is 5.75 Å². The Morgan fingerprint density at radius 1 is 1.21 bits per heavy atom. The van der Waals surface area contributed by atoms with Crippen molar-refractivity contribution in [3.05, 3.63) is 48.3 Å². The van der Waals surface area contributed by atoms with Gasteiger partial charge in [0.05, 0.1) is 13.2 Å². The minimum Gasteiger partial charge on any atom is -0.497 e. The second-order valence-electron chi connectivity index (χ2n) is 8.31. The highest BCUT2D eigenvalue weighted by molar-refractivity contribution is 5.28. The number of aliphatic hydroxyl groups excluding tert-OH is 1. The Labute approximate surface area is 167 Å². The molecule has 28 heavy (non-hydrogen) atoms. The summed E-state index contributed by atoms with van der Waals surface area (Å²) in [4.78, 5) is 2.51. The second kappa shape index (κ2) is 9.07. The van der Waals surface area contributed by atoms with Crippen LogP contribution in [0.25, 0.3) is 0 Å². The van der Waals surface area contributed by atoms with E-state index < -0.39 is 0 Å². The van der Waals surface area contributed by atoms with Crippen LogP contribution in [0.4, 0.5) is 0 Å². The molecule has 6 heteroatoms. The van der Waals surface area contributed by atoms with Gasteiger partial charge in [0.25, 0.3) is 0 Å². The maximum atomic E-state index is 10.5. The van der Waals surface area contributed by atoms with E-state index in [4.69, 9.17) is 4.74 Å². The van der Waals surface area contributed by atoms with Crippen molar-refractivity contribution >= 4 is 0 Å². The van der Waals surface area contributed by atoms with E-state index in [1.807, 2.05) is 29.2 Å². The largest absolute Gasteiger partial charge is 0.497 e.